The number of nitrogens with two attached hydrogens (primary N) is 1. The molecule has 0 aliphatic heterocycles. The Balaban J connectivity index is 3.39. The van der Waals surface area contributed by atoms with Gasteiger partial charge in [0.05, 0.1) is 6.04 Å². The zero-order chi connectivity index (χ0) is 8.85. The van der Waals surface area contributed by atoms with Crippen molar-refractivity contribution in [3.63, 3.8) is 0 Å². The molecule has 1 amide bonds. The number of hydrogen-bond acceptors (Lipinski definition) is 3. The van der Waals surface area contributed by atoms with E-state index in [4.69, 9.17) is 5.73 Å². The van der Waals surface area contributed by atoms with E-state index in [1.54, 1.807) is 13.2 Å². The average Bonchev–Trinajstić information content (AvgIpc) is 1.86. The molecule has 0 rings (SSSR count). The van der Waals surface area contributed by atoms with Crippen LogP contribution in [0, 0.1) is 0 Å². The first-order valence-corrected chi connectivity index (χ1v) is 5.10. The molecule has 1 unspecified atom stereocenters. The quantitative estimate of drug-likeness (QED) is 0.569. The molecule has 0 aliphatic carbocycles. The molecule has 0 saturated heterocycles. The van der Waals surface area contributed by atoms with E-state index in [1.165, 1.54) is 0 Å². The lowest BCUT2D eigenvalue weighted by Crippen LogP contribution is -2.39. The molecule has 0 spiro atoms. The van der Waals surface area contributed by atoms with Gasteiger partial charge in [0.1, 0.15) is 0 Å². The lowest BCUT2D eigenvalue weighted by atomic mass is 10.3. The summed E-state index contributed by atoms with van der Waals surface area (Å²) in [5, 5.41) is 2.56. The van der Waals surface area contributed by atoms with Crippen molar-refractivity contribution >= 4 is 16.7 Å². The molecule has 0 aromatic carbocycles. The third-order valence-electron chi connectivity index (χ3n) is 1.10. The molecule has 0 aliphatic rings. The van der Waals surface area contributed by atoms with Crippen LogP contribution >= 0.6 is 0 Å². The number of nitrogens with one attached hydrogen (secondary N) is 1. The maximum atomic E-state index is 10.8. The molecular weight excluding hydrogens is 164 g/mol. The molecule has 11 heavy (non-hydrogen) atoms. The monoisotopic (exact) mass is 178 g/mol. The van der Waals surface area contributed by atoms with Crippen LogP contribution in [0.1, 0.15) is 6.92 Å². The van der Waals surface area contributed by atoms with Crippen molar-refractivity contribution in [3.05, 3.63) is 0 Å². The summed E-state index contributed by atoms with van der Waals surface area (Å²) in [7, 11) is -0.851. The highest BCUT2D eigenvalue weighted by Gasteiger charge is 2.05. The highest BCUT2D eigenvalue weighted by molar-refractivity contribution is 7.84. The second-order valence-electron chi connectivity index (χ2n) is 2.36. The van der Waals surface area contributed by atoms with Gasteiger partial charge in [0.2, 0.25) is 5.91 Å². The topological polar surface area (TPSA) is 72.2 Å². The Morgan fingerprint density at radius 2 is 2.27 bits per heavy atom. The summed E-state index contributed by atoms with van der Waals surface area (Å²) in [6.07, 6.45) is 1.60. The standard InChI is InChI=1S/C6H14N2O2S/c1-5(7)6(9)8-3-4-11(2)10/h5H,3-4,7H2,1-2H3,(H,8,9)/t5-,11?/m1/s1. The molecule has 0 fully saturated rings. The largest absolute Gasteiger partial charge is 0.354 e. The van der Waals surface area contributed by atoms with Gasteiger partial charge in [-0.15, -0.1) is 0 Å². The Hall–Kier alpha value is -0.420. The van der Waals surface area contributed by atoms with Gasteiger partial charge in [-0.1, -0.05) is 0 Å². The summed E-state index contributed by atoms with van der Waals surface area (Å²) in [6, 6.07) is -0.486. The summed E-state index contributed by atoms with van der Waals surface area (Å²) in [6.45, 7) is 2.04. The van der Waals surface area contributed by atoms with Crippen LogP contribution in [-0.2, 0) is 15.6 Å². The van der Waals surface area contributed by atoms with Gasteiger partial charge in [-0.25, -0.2) is 0 Å². The van der Waals surface area contributed by atoms with Crippen molar-refractivity contribution in [3.8, 4) is 0 Å². The lowest BCUT2D eigenvalue weighted by Gasteiger charge is -2.05. The molecule has 0 aromatic rings. The van der Waals surface area contributed by atoms with Gasteiger partial charge in [-0.05, 0) is 6.92 Å². The fraction of sp³-hybridized carbons (Fsp3) is 0.833. The van der Waals surface area contributed by atoms with Crippen LogP contribution in [-0.4, -0.2) is 34.7 Å². The highest BCUT2D eigenvalue weighted by atomic mass is 32.2. The van der Waals surface area contributed by atoms with Crippen LogP contribution < -0.4 is 11.1 Å². The number of rotatable bonds is 4. The van der Waals surface area contributed by atoms with Crippen LogP contribution in [0.3, 0.4) is 0 Å². The number of hydrogen-bond donors (Lipinski definition) is 2. The zero-order valence-corrected chi connectivity index (χ0v) is 7.61. The molecule has 0 aromatic heterocycles. The van der Waals surface area contributed by atoms with Gasteiger partial charge in [0.15, 0.2) is 0 Å². The summed E-state index contributed by atoms with van der Waals surface area (Å²) in [5.41, 5.74) is 5.26. The second-order valence-corrected chi connectivity index (χ2v) is 3.91. The molecule has 0 saturated carbocycles. The van der Waals surface area contributed by atoms with E-state index in [2.05, 4.69) is 5.32 Å². The summed E-state index contributed by atoms with van der Waals surface area (Å²) >= 11 is 0. The fourth-order valence-corrected chi connectivity index (χ4v) is 0.868. The lowest BCUT2D eigenvalue weighted by molar-refractivity contribution is -0.121. The van der Waals surface area contributed by atoms with Gasteiger partial charge in [-0.2, -0.15) is 0 Å². The Kier molecular flexibility index (Phi) is 5.06. The molecule has 5 heteroatoms. The van der Waals surface area contributed by atoms with Gasteiger partial charge in [-0.3, -0.25) is 9.00 Å². The fourth-order valence-electron chi connectivity index (χ4n) is 0.479. The minimum absolute atomic E-state index is 0.199. The van der Waals surface area contributed by atoms with E-state index in [0.717, 1.165) is 0 Å². The van der Waals surface area contributed by atoms with Crippen molar-refractivity contribution < 1.29 is 9.00 Å². The van der Waals surface area contributed by atoms with Crippen LogP contribution in [0.15, 0.2) is 0 Å². The van der Waals surface area contributed by atoms with Crippen molar-refractivity contribution in [2.75, 3.05) is 18.6 Å². The molecule has 0 radical (unpaired) electrons. The van der Waals surface area contributed by atoms with Crippen molar-refractivity contribution in [2.24, 2.45) is 5.73 Å². The van der Waals surface area contributed by atoms with Gasteiger partial charge >= 0.3 is 0 Å². The SMILES string of the molecule is C[C@@H](N)C(=O)NCCS(C)=O. The summed E-state index contributed by atoms with van der Waals surface area (Å²) in [5.74, 6) is 0.286. The van der Waals surface area contributed by atoms with E-state index in [0.29, 0.717) is 12.3 Å². The van der Waals surface area contributed by atoms with Gasteiger partial charge in [0, 0.05) is 29.4 Å². The third kappa shape index (κ3) is 6.00. The minimum atomic E-state index is -0.851. The second kappa shape index (κ2) is 5.26. The Morgan fingerprint density at radius 3 is 2.64 bits per heavy atom. The first kappa shape index (κ1) is 10.6. The van der Waals surface area contributed by atoms with E-state index >= 15 is 0 Å². The highest BCUT2D eigenvalue weighted by Crippen LogP contribution is 1.76. The van der Waals surface area contributed by atoms with Crippen LogP contribution in [0.2, 0.25) is 0 Å². The zero-order valence-electron chi connectivity index (χ0n) is 6.79. The van der Waals surface area contributed by atoms with Crippen molar-refractivity contribution in [1.82, 2.24) is 5.32 Å². The molecule has 0 bridgehead atoms. The molecule has 4 nitrogen and oxygen atoms in total. The number of amides is 1. The third-order valence-corrected chi connectivity index (χ3v) is 1.88. The normalized spacial score (nSPS) is 15.5. The maximum Gasteiger partial charge on any atom is 0.236 e. The van der Waals surface area contributed by atoms with Gasteiger partial charge < -0.3 is 11.1 Å². The van der Waals surface area contributed by atoms with Crippen molar-refractivity contribution in [1.29, 1.82) is 0 Å². The van der Waals surface area contributed by atoms with E-state index in [-0.39, 0.29) is 5.91 Å². The number of carbonyl (C=O) groups is 1. The van der Waals surface area contributed by atoms with E-state index < -0.39 is 16.8 Å². The smallest absolute Gasteiger partial charge is 0.236 e. The van der Waals surface area contributed by atoms with Crippen LogP contribution in [0.5, 0.6) is 0 Å². The maximum absolute atomic E-state index is 10.8. The predicted molar refractivity (Wildman–Crippen MR) is 45.6 cm³/mol. The Morgan fingerprint density at radius 1 is 1.73 bits per heavy atom. The Bertz CT molecular complexity index is 159. The molecule has 3 N–H and O–H groups in total. The van der Waals surface area contributed by atoms with Crippen molar-refractivity contribution in [2.45, 2.75) is 13.0 Å². The van der Waals surface area contributed by atoms with Gasteiger partial charge in [0.25, 0.3) is 0 Å². The van der Waals surface area contributed by atoms with Crippen LogP contribution in [0.4, 0.5) is 0 Å². The van der Waals surface area contributed by atoms with E-state index in [1.807, 2.05) is 0 Å². The molecule has 0 heterocycles. The Labute approximate surface area is 69.0 Å². The van der Waals surface area contributed by atoms with Crippen LogP contribution in [0.25, 0.3) is 0 Å². The number of carbonyl (C=O) groups excluding carboxylic acids is 1. The predicted octanol–water partition coefficient (Wildman–Crippen LogP) is -1.17. The minimum Gasteiger partial charge on any atom is -0.354 e. The summed E-state index contributed by atoms with van der Waals surface area (Å²) in [4.78, 5) is 10.8. The van der Waals surface area contributed by atoms with E-state index in [9.17, 15) is 9.00 Å². The molecular formula is C6H14N2O2S. The first-order valence-electron chi connectivity index (χ1n) is 3.37. The first-order chi connectivity index (χ1) is 5.04. The molecule has 2 atom stereocenters. The molecule has 66 valence electrons. The average molecular weight is 178 g/mol. The summed E-state index contributed by atoms with van der Waals surface area (Å²) < 4.78 is 10.5.